The average molecular weight is 390 g/mol. The normalized spacial score (nSPS) is 20.7. The van der Waals surface area contributed by atoms with Crippen molar-refractivity contribution < 1.29 is 17.9 Å². The Labute approximate surface area is 158 Å². The van der Waals surface area contributed by atoms with E-state index in [9.17, 15) is 13.2 Å². The molecule has 0 spiro atoms. The molecule has 1 aromatic heterocycles. The Kier molecular flexibility index (Phi) is 4.53. The third-order valence-corrected chi connectivity index (χ3v) is 6.96. The number of nitrogens with zero attached hydrogens (tertiary/aromatic N) is 4. The molecule has 0 aliphatic carbocycles. The Hall–Kier alpha value is -2.23. The van der Waals surface area contributed by atoms with Gasteiger partial charge in [-0.05, 0) is 24.1 Å². The van der Waals surface area contributed by atoms with Crippen LogP contribution in [0.3, 0.4) is 0 Å². The predicted molar refractivity (Wildman–Crippen MR) is 98.8 cm³/mol. The zero-order valence-electron chi connectivity index (χ0n) is 15.3. The van der Waals surface area contributed by atoms with E-state index >= 15 is 0 Å². The van der Waals surface area contributed by atoms with Gasteiger partial charge in [0.2, 0.25) is 15.9 Å². The van der Waals surface area contributed by atoms with Crippen LogP contribution in [0.4, 0.5) is 5.69 Å². The van der Waals surface area contributed by atoms with Crippen molar-refractivity contribution in [2.45, 2.75) is 24.3 Å². The van der Waals surface area contributed by atoms with E-state index < -0.39 is 10.0 Å². The SMILES string of the molecule is CC(=O)N1CCc2ccc(S(=O)(=O)N3CCOC(c4cnn(C)c4)C3)cc21. The summed E-state index contributed by atoms with van der Waals surface area (Å²) in [6.07, 6.45) is 3.93. The van der Waals surface area contributed by atoms with Crippen LogP contribution in [0.5, 0.6) is 0 Å². The molecule has 8 nitrogen and oxygen atoms in total. The molecule has 0 bridgehead atoms. The summed E-state index contributed by atoms with van der Waals surface area (Å²) in [7, 11) is -1.87. The summed E-state index contributed by atoms with van der Waals surface area (Å²) >= 11 is 0. The second-order valence-electron chi connectivity index (χ2n) is 6.88. The molecule has 0 radical (unpaired) electrons. The lowest BCUT2D eigenvalue weighted by molar-refractivity contribution is -0.116. The van der Waals surface area contributed by atoms with Gasteiger partial charge in [0.25, 0.3) is 0 Å². The number of carbonyl (C=O) groups excluding carboxylic acids is 1. The molecule has 144 valence electrons. The maximum atomic E-state index is 13.2. The number of sulfonamides is 1. The van der Waals surface area contributed by atoms with Gasteiger partial charge in [-0.1, -0.05) is 6.07 Å². The van der Waals surface area contributed by atoms with Gasteiger partial charge in [-0.2, -0.15) is 9.40 Å². The zero-order chi connectivity index (χ0) is 19.2. The van der Waals surface area contributed by atoms with Gasteiger partial charge in [0.15, 0.2) is 0 Å². The number of aromatic nitrogens is 2. The van der Waals surface area contributed by atoms with Crippen molar-refractivity contribution in [1.82, 2.24) is 14.1 Å². The highest BCUT2D eigenvalue weighted by molar-refractivity contribution is 7.89. The summed E-state index contributed by atoms with van der Waals surface area (Å²) in [5, 5.41) is 4.13. The van der Waals surface area contributed by atoms with Crippen LogP contribution in [0.25, 0.3) is 0 Å². The van der Waals surface area contributed by atoms with Gasteiger partial charge in [0, 0.05) is 51.1 Å². The van der Waals surface area contributed by atoms with Crippen LogP contribution >= 0.6 is 0 Å². The maximum absolute atomic E-state index is 13.2. The first-order valence-electron chi connectivity index (χ1n) is 8.87. The van der Waals surface area contributed by atoms with Gasteiger partial charge in [0.1, 0.15) is 0 Å². The second kappa shape index (κ2) is 6.74. The first-order chi connectivity index (χ1) is 12.9. The molecule has 27 heavy (non-hydrogen) atoms. The average Bonchev–Trinajstić information content (AvgIpc) is 3.27. The molecule has 1 aromatic carbocycles. The fourth-order valence-corrected chi connectivity index (χ4v) is 5.09. The van der Waals surface area contributed by atoms with Crippen molar-refractivity contribution in [2.24, 2.45) is 7.05 Å². The fourth-order valence-electron chi connectivity index (χ4n) is 3.65. The lowest BCUT2D eigenvalue weighted by Gasteiger charge is -2.32. The van der Waals surface area contributed by atoms with Gasteiger partial charge in [-0.15, -0.1) is 0 Å². The van der Waals surface area contributed by atoms with E-state index in [1.54, 1.807) is 27.9 Å². The van der Waals surface area contributed by atoms with Gasteiger partial charge >= 0.3 is 0 Å². The molecule has 1 unspecified atom stereocenters. The van der Waals surface area contributed by atoms with E-state index in [2.05, 4.69) is 5.10 Å². The van der Waals surface area contributed by atoms with E-state index in [0.29, 0.717) is 25.4 Å². The lowest BCUT2D eigenvalue weighted by Crippen LogP contribution is -2.42. The van der Waals surface area contributed by atoms with Crippen molar-refractivity contribution in [2.75, 3.05) is 31.1 Å². The third-order valence-electron chi connectivity index (χ3n) is 5.10. The molecule has 0 saturated carbocycles. The van der Waals surface area contributed by atoms with Gasteiger partial charge < -0.3 is 9.64 Å². The van der Waals surface area contributed by atoms with Crippen molar-refractivity contribution in [3.05, 3.63) is 41.7 Å². The summed E-state index contributed by atoms with van der Waals surface area (Å²) in [5.41, 5.74) is 2.55. The predicted octanol–water partition coefficient (Wildman–Crippen LogP) is 1.09. The van der Waals surface area contributed by atoms with E-state index in [1.165, 1.54) is 11.2 Å². The number of hydrogen-bond acceptors (Lipinski definition) is 5. The first kappa shape index (κ1) is 18.1. The molecule has 3 heterocycles. The molecule has 4 rings (SSSR count). The van der Waals surface area contributed by atoms with Gasteiger partial charge in [0.05, 0.1) is 23.8 Å². The number of benzene rings is 1. The minimum atomic E-state index is -3.68. The third kappa shape index (κ3) is 3.26. The highest BCUT2D eigenvalue weighted by atomic mass is 32.2. The number of amides is 1. The Morgan fingerprint density at radius 1 is 1.30 bits per heavy atom. The largest absolute Gasteiger partial charge is 0.371 e. The van der Waals surface area contributed by atoms with Crippen LogP contribution in [0, 0.1) is 0 Å². The van der Waals surface area contributed by atoms with Crippen LogP contribution in [0.15, 0.2) is 35.5 Å². The van der Waals surface area contributed by atoms with Crippen molar-refractivity contribution in [3.8, 4) is 0 Å². The van der Waals surface area contributed by atoms with Crippen LogP contribution < -0.4 is 4.90 Å². The molecule has 1 fully saturated rings. The molecule has 2 aliphatic heterocycles. The van der Waals surface area contributed by atoms with Crippen LogP contribution in [0.2, 0.25) is 0 Å². The van der Waals surface area contributed by atoms with Crippen LogP contribution in [-0.4, -0.2) is 54.7 Å². The molecule has 2 aliphatic rings. The molecule has 1 atom stereocenters. The Morgan fingerprint density at radius 3 is 2.81 bits per heavy atom. The molecule has 1 amide bonds. The number of morpholine rings is 1. The molecular weight excluding hydrogens is 368 g/mol. The zero-order valence-corrected chi connectivity index (χ0v) is 16.1. The quantitative estimate of drug-likeness (QED) is 0.783. The molecule has 9 heteroatoms. The lowest BCUT2D eigenvalue weighted by atomic mass is 10.2. The number of aryl methyl sites for hydroxylation is 1. The molecule has 1 saturated heterocycles. The minimum absolute atomic E-state index is 0.0775. The summed E-state index contributed by atoms with van der Waals surface area (Å²) in [6, 6.07) is 5.06. The summed E-state index contributed by atoms with van der Waals surface area (Å²) in [6.45, 7) is 2.95. The topological polar surface area (TPSA) is 84.7 Å². The second-order valence-corrected chi connectivity index (χ2v) is 8.82. The van der Waals surface area contributed by atoms with Gasteiger partial charge in [-0.25, -0.2) is 8.42 Å². The Bertz CT molecular complexity index is 985. The summed E-state index contributed by atoms with van der Waals surface area (Å²) < 4.78 is 35.2. The smallest absolute Gasteiger partial charge is 0.243 e. The van der Waals surface area contributed by atoms with E-state index in [1.807, 2.05) is 19.3 Å². The summed E-state index contributed by atoms with van der Waals surface area (Å²) in [5.74, 6) is -0.0775. The maximum Gasteiger partial charge on any atom is 0.243 e. The van der Waals surface area contributed by atoms with Crippen molar-refractivity contribution >= 4 is 21.6 Å². The van der Waals surface area contributed by atoms with Gasteiger partial charge in [-0.3, -0.25) is 9.48 Å². The number of rotatable bonds is 3. The minimum Gasteiger partial charge on any atom is -0.371 e. The molecular formula is C18H22N4O4S. The number of fused-ring (bicyclic) bond motifs is 1. The molecule has 0 N–H and O–H groups in total. The van der Waals surface area contributed by atoms with E-state index in [4.69, 9.17) is 4.74 Å². The standard InChI is InChI=1S/C18H22N4O4S/c1-13(23)22-6-5-14-3-4-16(9-17(14)22)27(24,25)21-7-8-26-18(12-21)15-10-19-20(2)11-15/h3-4,9-11,18H,5-8,12H2,1-2H3. The highest BCUT2D eigenvalue weighted by Gasteiger charge is 2.33. The first-order valence-corrected chi connectivity index (χ1v) is 10.3. The number of ether oxygens (including phenoxy) is 1. The highest BCUT2D eigenvalue weighted by Crippen LogP contribution is 2.33. The Balaban J connectivity index is 1.62. The monoisotopic (exact) mass is 390 g/mol. The number of carbonyl (C=O) groups is 1. The van der Waals surface area contributed by atoms with Crippen molar-refractivity contribution in [3.63, 3.8) is 0 Å². The summed E-state index contributed by atoms with van der Waals surface area (Å²) in [4.78, 5) is 13.7. The van der Waals surface area contributed by atoms with E-state index in [0.717, 1.165) is 17.5 Å². The van der Waals surface area contributed by atoms with Crippen molar-refractivity contribution in [1.29, 1.82) is 0 Å². The Morgan fingerprint density at radius 2 is 2.11 bits per heavy atom. The fraction of sp³-hybridized carbons (Fsp3) is 0.444. The molecule has 2 aromatic rings. The van der Waals surface area contributed by atoms with Crippen LogP contribution in [0.1, 0.15) is 24.2 Å². The van der Waals surface area contributed by atoms with Crippen LogP contribution in [-0.2, 0) is 33.0 Å². The van der Waals surface area contributed by atoms with E-state index in [-0.39, 0.29) is 23.5 Å². The number of hydrogen-bond donors (Lipinski definition) is 0. The number of anilines is 1.